The van der Waals surface area contributed by atoms with Gasteiger partial charge in [-0.1, -0.05) is 15.9 Å². The molecule has 1 rings (SSSR count). The molecule has 0 unspecified atom stereocenters. The third-order valence-corrected chi connectivity index (χ3v) is 2.75. The normalized spacial score (nSPS) is 10.0. The van der Waals surface area contributed by atoms with Gasteiger partial charge in [0.15, 0.2) is 0 Å². The van der Waals surface area contributed by atoms with Gasteiger partial charge in [-0.25, -0.2) is 0 Å². The van der Waals surface area contributed by atoms with Crippen molar-refractivity contribution >= 4 is 33.5 Å². The van der Waals surface area contributed by atoms with E-state index in [1.54, 1.807) is 19.1 Å². The van der Waals surface area contributed by atoms with Gasteiger partial charge in [0, 0.05) is 16.7 Å². The molecule has 0 aromatic heterocycles. The summed E-state index contributed by atoms with van der Waals surface area (Å²) in [6.07, 6.45) is 0.263. The summed E-state index contributed by atoms with van der Waals surface area (Å²) < 4.78 is 5.73. The number of esters is 1. The van der Waals surface area contributed by atoms with Gasteiger partial charge in [0.1, 0.15) is 0 Å². The van der Waals surface area contributed by atoms with Gasteiger partial charge in [-0.2, -0.15) is 0 Å². The summed E-state index contributed by atoms with van der Waals surface area (Å²) in [5.74, 6) is -0.408. The molecular formula is C13H17BrN2O3. The number of hydrogen-bond donors (Lipinski definition) is 2. The number of benzene rings is 1. The topological polar surface area (TPSA) is 67.4 Å². The zero-order valence-corrected chi connectivity index (χ0v) is 12.3. The highest BCUT2D eigenvalue weighted by molar-refractivity contribution is 9.10. The monoisotopic (exact) mass is 328 g/mol. The Labute approximate surface area is 120 Å². The summed E-state index contributed by atoms with van der Waals surface area (Å²) >= 11 is 3.32. The van der Waals surface area contributed by atoms with Crippen LogP contribution in [0.15, 0.2) is 28.7 Å². The van der Waals surface area contributed by atoms with Crippen LogP contribution in [0.3, 0.4) is 0 Å². The maximum Gasteiger partial charge on any atom is 0.307 e. The van der Waals surface area contributed by atoms with Crippen molar-refractivity contribution in [3.8, 4) is 0 Å². The van der Waals surface area contributed by atoms with E-state index in [4.69, 9.17) is 4.74 Å². The van der Waals surface area contributed by atoms with Gasteiger partial charge >= 0.3 is 5.97 Å². The molecule has 5 nitrogen and oxygen atoms in total. The van der Waals surface area contributed by atoms with Crippen molar-refractivity contribution in [2.75, 3.05) is 25.0 Å². The second kappa shape index (κ2) is 8.66. The standard InChI is InChI=1S/C13H17BrN2O3/c1-2-19-13(18)7-8-15-9-12(17)16-11-5-3-10(14)4-6-11/h3-6,15H,2,7-9H2,1H3,(H,16,17). The van der Waals surface area contributed by atoms with E-state index >= 15 is 0 Å². The van der Waals surface area contributed by atoms with Crippen molar-refractivity contribution in [2.24, 2.45) is 0 Å². The molecule has 1 amide bonds. The second-order valence-corrected chi connectivity index (χ2v) is 4.70. The summed E-state index contributed by atoms with van der Waals surface area (Å²) in [5, 5.41) is 5.63. The molecule has 0 saturated heterocycles. The van der Waals surface area contributed by atoms with Crippen LogP contribution in [-0.4, -0.2) is 31.6 Å². The minimum absolute atomic E-state index is 0.147. The van der Waals surface area contributed by atoms with Crippen LogP contribution in [0.25, 0.3) is 0 Å². The molecular weight excluding hydrogens is 312 g/mol. The van der Waals surface area contributed by atoms with Crippen LogP contribution in [0.1, 0.15) is 13.3 Å². The van der Waals surface area contributed by atoms with E-state index in [9.17, 15) is 9.59 Å². The van der Waals surface area contributed by atoms with Gasteiger partial charge in [-0.05, 0) is 31.2 Å². The number of amides is 1. The first-order valence-corrected chi connectivity index (χ1v) is 6.83. The van der Waals surface area contributed by atoms with Gasteiger partial charge in [0.2, 0.25) is 5.91 Å². The fourth-order valence-electron chi connectivity index (χ4n) is 1.36. The molecule has 0 aliphatic carbocycles. The SMILES string of the molecule is CCOC(=O)CCNCC(=O)Nc1ccc(Br)cc1. The summed E-state index contributed by atoms with van der Waals surface area (Å²) in [6, 6.07) is 7.31. The van der Waals surface area contributed by atoms with Crippen LogP contribution in [0, 0.1) is 0 Å². The minimum Gasteiger partial charge on any atom is -0.466 e. The number of carbonyl (C=O) groups is 2. The average molecular weight is 329 g/mol. The van der Waals surface area contributed by atoms with Crippen LogP contribution in [0.2, 0.25) is 0 Å². The predicted octanol–water partition coefficient (Wildman–Crippen LogP) is 1.93. The summed E-state index contributed by atoms with van der Waals surface area (Å²) in [6.45, 7) is 2.72. The summed E-state index contributed by atoms with van der Waals surface area (Å²) in [4.78, 5) is 22.6. The van der Waals surface area contributed by atoms with Crippen molar-refractivity contribution in [2.45, 2.75) is 13.3 Å². The van der Waals surface area contributed by atoms with Gasteiger partial charge in [0.25, 0.3) is 0 Å². The Morgan fingerprint density at radius 2 is 1.95 bits per heavy atom. The van der Waals surface area contributed by atoms with Crippen molar-refractivity contribution in [3.63, 3.8) is 0 Å². The second-order valence-electron chi connectivity index (χ2n) is 3.79. The van der Waals surface area contributed by atoms with Crippen LogP contribution < -0.4 is 10.6 Å². The molecule has 1 aromatic rings. The fourth-order valence-corrected chi connectivity index (χ4v) is 1.63. The van der Waals surface area contributed by atoms with E-state index in [-0.39, 0.29) is 24.8 Å². The number of halogens is 1. The number of hydrogen-bond acceptors (Lipinski definition) is 4. The van der Waals surface area contributed by atoms with Crippen molar-refractivity contribution in [1.82, 2.24) is 5.32 Å². The molecule has 0 heterocycles. The van der Waals surface area contributed by atoms with Gasteiger partial charge in [-0.3, -0.25) is 9.59 Å². The highest BCUT2D eigenvalue weighted by atomic mass is 79.9. The number of anilines is 1. The van der Waals surface area contributed by atoms with Crippen molar-refractivity contribution < 1.29 is 14.3 Å². The van der Waals surface area contributed by atoms with Crippen LogP contribution >= 0.6 is 15.9 Å². The lowest BCUT2D eigenvalue weighted by atomic mass is 10.3. The lowest BCUT2D eigenvalue weighted by Gasteiger charge is -2.06. The maximum absolute atomic E-state index is 11.6. The molecule has 0 bridgehead atoms. The van der Waals surface area contributed by atoms with Crippen molar-refractivity contribution in [3.05, 3.63) is 28.7 Å². The molecule has 0 radical (unpaired) electrons. The van der Waals surface area contributed by atoms with Gasteiger partial charge < -0.3 is 15.4 Å². The molecule has 0 aliphatic heterocycles. The first kappa shape index (κ1) is 15.7. The Kier molecular flexibility index (Phi) is 7.14. The molecule has 0 fully saturated rings. The highest BCUT2D eigenvalue weighted by Gasteiger charge is 2.04. The smallest absolute Gasteiger partial charge is 0.307 e. The molecule has 1 aromatic carbocycles. The van der Waals surface area contributed by atoms with Crippen molar-refractivity contribution in [1.29, 1.82) is 0 Å². The van der Waals surface area contributed by atoms with E-state index in [0.717, 1.165) is 10.2 Å². The quantitative estimate of drug-likeness (QED) is 0.593. The Morgan fingerprint density at radius 1 is 1.26 bits per heavy atom. The lowest BCUT2D eigenvalue weighted by Crippen LogP contribution is -2.29. The lowest BCUT2D eigenvalue weighted by molar-refractivity contribution is -0.143. The Bertz CT molecular complexity index is 420. The van der Waals surface area contributed by atoms with Crippen LogP contribution in [-0.2, 0) is 14.3 Å². The number of rotatable bonds is 7. The van der Waals surface area contributed by atoms with Gasteiger partial charge in [0.05, 0.1) is 19.6 Å². The molecule has 0 aliphatic rings. The summed E-state index contributed by atoms with van der Waals surface area (Å²) in [5.41, 5.74) is 0.736. The number of ether oxygens (including phenoxy) is 1. The summed E-state index contributed by atoms with van der Waals surface area (Å²) in [7, 11) is 0. The molecule has 0 spiro atoms. The molecule has 2 N–H and O–H groups in total. The zero-order chi connectivity index (χ0) is 14.1. The number of nitrogens with one attached hydrogen (secondary N) is 2. The van der Waals surface area contributed by atoms with Gasteiger partial charge in [-0.15, -0.1) is 0 Å². The molecule has 0 atom stereocenters. The van der Waals surface area contributed by atoms with E-state index in [1.165, 1.54) is 0 Å². The third kappa shape index (κ3) is 6.93. The van der Waals surface area contributed by atoms with Crippen LogP contribution in [0.5, 0.6) is 0 Å². The highest BCUT2D eigenvalue weighted by Crippen LogP contribution is 2.13. The average Bonchev–Trinajstić information content (AvgIpc) is 2.38. The van der Waals surface area contributed by atoms with E-state index in [2.05, 4.69) is 26.6 Å². The molecule has 6 heteroatoms. The fraction of sp³-hybridized carbons (Fsp3) is 0.385. The predicted molar refractivity (Wildman–Crippen MR) is 76.9 cm³/mol. The van der Waals surface area contributed by atoms with E-state index in [1.807, 2.05) is 12.1 Å². The largest absolute Gasteiger partial charge is 0.466 e. The number of carbonyl (C=O) groups excluding carboxylic acids is 2. The Morgan fingerprint density at radius 3 is 2.58 bits per heavy atom. The maximum atomic E-state index is 11.6. The van der Waals surface area contributed by atoms with E-state index < -0.39 is 0 Å². The molecule has 104 valence electrons. The van der Waals surface area contributed by atoms with Crippen LogP contribution in [0.4, 0.5) is 5.69 Å². The molecule has 0 saturated carbocycles. The molecule has 19 heavy (non-hydrogen) atoms. The third-order valence-electron chi connectivity index (χ3n) is 2.22. The first-order valence-electron chi connectivity index (χ1n) is 6.03. The Balaban J connectivity index is 2.18. The first-order chi connectivity index (χ1) is 9.11. The minimum atomic E-state index is -0.261. The zero-order valence-electron chi connectivity index (χ0n) is 10.7. The van der Waals surface area contributed by atoms with E-state index in [0.29, 0.717) is 13.2 Å². The Hall–Kier alpha value is -1.40.